The molecule has 4 fully saturated rings. The van der Waals surface area contributed by atoms with Crippen LogP contribution >= 0.6 is 0 Å². The van der Waals surface area contributed by atoms with E-state index in [-0.39, 0.29) is 17.4 Å². The highest BCUT2D eigenvalue weighted by atomic mass is 19.1. The molecule has 0 aliphatic heterocycles. The number of amides is 1. The summed E-state index contributed by atoms with van der Waals surface area (Å²) in [7, 11) is 0. The van der Waals surface area contributed by atoms with Crippen molar-refractivity contribution < 1.29 is 9.18 Å². The van der Waals surface area contributed by atoms with E-state index in [1.807, 2.05) is 0 Å². The van der Waals surface area contributed by atoms with Crippen molar-refractivity contribution in [1.29, 1.82) is 0 Å². The zero-order valence-electron chi connectivity index (χ0n) is 16.4. The summed E-state index contributed by atoms with van der Waals surface area (Å²) in [5.74, 6) is 1.92. The Morgan fingerprint density at radius 3 is 2.75 bits per heavy atom. The van der Waals surface area contributed by atoms with Gasteiger partial charge in [0.2, 0.25) is 5.91 Å². The predicted molar refractivity (Wildman–Crippen MR) is 105 cm³/mol. The number of benzene rings is 1. The number of hydrogen-bond acceptors (Lipinski definition) is 3. The van der Waals surface area contributed by atoms with E-state index in [2.05, 4.69) is 24.3 Å². The van der Waals surface area contributed by atoms with Gasteiger partial charge in [-0.05, 0) is 67.4 Å². The number of aromatic nitrogens is 2. The van der Waals surface area contributed by atoms with Crippen molar-refractivity contribution in [3.8, 4) is 0 Å². The molecule has 148 valence electrons. The normalized spacial score (nSPS) is 28.0. The highest BCUT2D eigenvalue weighted by Crippen LogP contribution is 2.61. The SMILES string of the molecule is CC1(C)[C@H]2CC[C@@H](CC(=O)Nn3c(C4CC4)nc4cc(F)ccc4c3=O)[C@@H]1C2. The molecule has 4 aliphatic carbocycles. The molecule has 6 heteroatoms. The van der Waals surface area contributed by atoms with Gasteiger partial charge in [0.1, 0.15) is 11.6 Å². The van der Waals surface area contributed by atoms with Crippen molar-refractivity contribution in [3.63, 3.8) is 0 Å². The van der Waals surface area contributed by atoms with Crippen LogP contribution < -0.4 is 11.0 Å². The molecule has 0 spiro atoms. The van der Waals surface area contributed by atoms with Gasteiger partial charge >= 0.3 is 0 Å². The summed E-state index contributed by atoms with van der Waals surface area (Å²) in [6, 6.07) is 3.98. The summed E-state index contributed by atoms with van der Waals surface area (Å²) in [6.45, 7) is 4.63. The third-order valence-electron chi connectivity index (χ3n) is 7.49. The second kappa shape index (κ2) is 6.13. The molecule has 2 bridgehead atoms. The van der Waals surface area contributed by atoms with Gasteiger partial charge in [0.05, 0.1) is 10.9 Å². The van der Waals surface area contributed by atoms with Gasteiger partial charge in [-0.2, -0.15) is 0 Å². The van der Waals surface area contributed by atoms with Crippen LogP contribution in [0.4, 0.5) is 4.39 Å². The first-order valence-electron chi connectivity index (χ1n) is 10.4. The molecule has 1 aromatic carbocycles. The Kier molecular flexibility index (Phi) is 3.90. The summed E-state index contributed by atoms with van der Waals surface area (Å²) >= 11 is 0. The fourth-order valence-electron chi connectivity index (χ4n) is 5.51. The average Bonchev–Trinajstić information content (AvgIpc) is 3.48. The lowest BCUT2D eigenvalue weighted by Crippen LogP contribution is -2.53. The quantitative estimate of drug-likeness (QED) is 0.870. The maximum atomic E-state index is 13.6. The van der Waals surface area contributed by atoms with Crippen molar-refractivity contribution >= 4 is 16.8 Å². The zero-order chi connectivity index (χ0) is 19.6. The van der Waals surface area contributed by atoms with Crippen LogP contribution in [0.5, 0.6) is 0 Å². The van der Waals surface area contributed by atoms with Crippen LogP contribution in [0, 0.1) is 29.0 Å². The molecular formula is C22H26FN3O2. The molecule has 4 aliphatic rings. The Bertz CT molecular complexity index is 1020. The molecule has 6 rings (SSSR count). The standard InChI is InChI=1S/C22H26FN3O2/c1-22(2)14-6-5-13(17(22)10-14)9-19(27)25-26-20(12-3-4-12)24-18-11-15(23)7-8-16(18)21(26)28/h7-8,11-14,17H,3-6,9-10H2,1-2H3,(H,25,27)/t13-,14-,17-/m0/s1. The summed E-state index contributed by atoms with van der Waals surface area (Å²) in [5.41, 5.74) is 3.18. The first kappa shape index (κ1) is 17.8. The van der Waals surface area contributed by atoms with E-state index in [1.165, 1.54) is 35.7 Å². The number of hydrogen-bond donors (Lipinski definition) is 1. The number of rotatable bonds is 4. The van der Waals surface area contributed by atoms with E-state index in [4.69, 9.17) is 0 Å². The highest BCUT2D eigenvalue weighted by Gasteiger charge is 2.54. The maximum Gasteiger partial charge on any atom is 0.280 e. The fourth-order valence-corrected chi connectivity index (χ4v) is 5.51. The van der Waals surface area contributed by atoms with Crippen LogP contribution in [0.1, 0.15) is 64.1 Å². The molecular weight excluding hydrogens is 357 g/mol. The van der Waals surface area contributed by atoms with Crippen molar-refractivity contribution in [2.45, 2.75) is 58.3 Å². The summed E-state index contributed by atoms with van der Waals surface area (Å²) in [5, 5.41) is 0.326. The zero-order valence-corrected chi connectivity index (χ0v) is 16.4. The Labute approximate surface area is 163 Å². The second-order valence-corrected chi connectivity index (χ2v) is 9.48. The third-order valence-corrected chi connectivity index (χ3v) is 7.49. The molecule has 0 radical (unpaired) electrons. The van der Waals surface area contributed by atoms with Crippen LogP contribution in [-0.4, -0.2) is 15.6 Å². The lowest BCUT2D eigenvalue weighted by molar-refractivity contribution is -0.129. The van der Waals surface area contributed by atoms with Gasteiger partial charge < -0.3 is 0 Å². The van der Waals surface area contributed by atoms with Gasteiger partial charge in [0.15, 0.2) is 0 Å². The number of fused-ring (bicyclic) bond motifs is 3. The van der Waals surface area contributed by atoms with Crippen LogP contribution in [-0.2, 0) is 4.79 Å². The van der Waals surface area contributed by atoms with Crippen LogP contribution in [0.25, 0.3) is 10.9 Å². The lowest BCUT2D eigenvalue weighted by Gasteiger charge is -2.60. The van der Waals surface area contributed by atoms with Crippen molar-refractivity contribution in [1.82, 2.24) is 9.66 Å². The summed E-state index contributed by atoms with van der Waals surface area (Å²) < 4.78 is 14.9. The molecule has 0 saturated heterocycles. The smallest absolute Gasteiger partial charge is 0.273 e. The number of nitrogens with one attached hydrogen (secondary N) is 1. The van der Waals surface area contributed by atoms with Gasteiger partial charge in [0, 0.05) is 18.4 Å². The highest BCUT2D eigenvalue weighted by molar-refractivity contribution is 5.85. The monoisotopic (exact) mass is 383 g/mol. The van der Waals surface area contributed by atoms with E-state index >= 15 is 0 Å². The molecule has 1 N–H and O–H groups in total. The molecule has 0 unspecified atom stereocenters. The van der Waals surface area contributed by atoms with Crippen LogP contribution in [0.15, 0.2) is 23.0 Å². The minimum Gasteiger partial charge on any atom is -0.273 e. The van der Waals surface area contributed by atoms with E-state index in [1.54, 1.807) is 0 Å². The molecule has 2 aromatic rings. The van der Waals surface area contributed by atoms with Gasteiger partial charge in [-0.15, -0.1) is 0 Å². The number of nitrogens with zero attached hydrogens (tertiary/aromatic N) is 2. The predicted octanol–water partition coefficient (Wildman–Crippen LogP) is 3.95. The van der Waals surface area contributed by atoms with Gasteiger partial charge in [-0.3, -0.25) is 15.0 Å². The largest absolute Gasteiger partial charge is 0.280 e. The first-order valence-corrected chi connectivity index (χ1v) is 10.4. The van der Waals surface area contributed by atoms with Gasteiger partial charge in [0.25, 0.3) is 5.56 Å². The van der Waals surface area contributed by atoms with Crippen LogP contribution in [0.2, 0.25) is 0 Å². The Morgan fingerprint density at radius 1 is 1.29 bits per heavy atom. The minimum atomic E-state index is -0.415. The molecule has 1 aromatic heterocycles. The topological polar surface area (TPSA) is 64.0 Å². The van der Waals surface area contributed by atoms with E-state index in [9.17, 15) is 14.0 Å². The number of carbonyl (C=O) groups excluding carboxylic acids is 1. The van der Waals surface area contributed by atoms with Crippen molar-refractivity contribution in [2.75, 3.05) is 5.43 Å². The van der Waals surface area contributed by atoms with Crippen molar-refractivity contribution in [3.05, 3.63) is 40.2 Å². The Morgan fingerprint density at radius 2 is 2.07 bits per heavy atom. The van der Waals surface area contributed by atoms with Gasteiger partial charge in [-0.1, -0.05) is 13.8 Å². The van der Waals surface area contributed by atoms with E-state index < -0.39 is 5.82 Å². The Hall–Kier alpha value is -2.24. The molecule has 4 saturated carbocycles. The molecule has 3 atom stereocenters. The average molecular weight is 383 g/mol. The lowest BCUT2D eigenvalue weighted by atomic mass is 9.45. The Balaban J connectivity index is 1.42. The maximum absolute atomic E-state index is 13.6. The minimum absolute atomic E-state index is 0.126. The molecule has 1 heterocycles. The third kappa shape index (κ3) is 2.76. The summed E-state index contributed by atoms with van der Waals surface area (Å²) in [6.07, 6.45) is 5.82. The molecule has 28 heavy (non-hydrogen) atoms. The fraction of sp³-hybridized carbons (Fsp3) is 0.591. The molecule has 1 amide bonds. The van der Waals surface area contributed by atoms with E-state index in [0.717, 1.165) is 25.2 Å². The van der Waals surface area contributed by atoms with Gasteiger partial charge in [-0.25, -0.2) is 14.1 Å². The second-order valence-electron chi connectivity index (χ2n) is 9.48. The number of carbonyl (C=O) groups is 1. The summed E-state index contributed by atoms with van der Waals surface area (Å²) in [4.78, 5) is 30.3. The van der Waals surface area contributed by atoms with E-state index in [0.29, 0.717) is 40.4 Å². The number of halogens is 1. The first-order chi connectivity index (χ1) is 13.3. The molecule has 5 nitrogen and oxygen atoms in total. The van der Waals surface area contributed by atoms with Crippen molar-refractivity contribution in [2.24, 2.45) is 23.2 Å². The van der Waals surface area contributed by atoms with Crippen LogP contribution in [0.3, 0.4) is 0 Å².